The van der Waals surface area contributed by atoms with Gasteiger partial charge < -0.3 is 9.64 Å². The highest BCUT2D eigenvalue weighted by molar-refractivity contribution is 7.89. The maximum absolute atomic E-state index is 13.1. The molecule has 0 spiro atoms. The molecule has 0 aliphatic carbocycles. The number of aryl methyl sites for hydroxylation is 1. The number of rotatable bonds is 6. The predicted octanol–water partition coefficient (Wildman–Crippen LogP) is 2.69. The molecule has 0 radical (unpaired) electrons. The van der Waals surface area contributed by atoms with E-state index in [9.17, 15) is 17.6 Å². The van der Waals surface area contributed by atoms with E-state index in [-0.39, 0.29) is 17.3 Å². The van der Waals surface area contributed by atoms with Crippen LogP contribution in [0.3, 0.4) is 0 Å². The number of hydrogen-bond donors (Lipinski definition) is 0. The maximum Gasteiger partial charge on any atom is 0.243 e. The van der Waals surface area contributed by atoms with Gasteiger partial charge in [0.1, 0.15) is 11.6 Å². The Balaban J connectivity index is 1.58. The third kappa shape index (κ3) is 5.33. The van der Waals surface area contributed by atoms with E-state index >= 15 is 0 Å². The number of carbonyl (C=O) groups is 1. The smallest absolute Gasteiger partial charge is 0.243 e. The van der Waals surface area contributed by atoms with Gasteiger partial charge in [-0.05, 0) is 54.8 Å². The van der Waals surface area contributed by atoms with Crippen molar-refractivity contribution in [3.8, 4) is 5.75 Å². The van der Waals surface area contributed by atoms with Crippen LogP contribution >= 0.6 is 0 Å². The summed E-state index contributed by atoms with van der Waals surface area (Å²) in [6.07, 6.45) is 1.52. The van der Waals surface area contributed by atoms with E-state index in [0.29, 0.717) is 38.9 Å². The first kappa shape index (κ1) is 21.3. The second-order valence-corrected chi connectivity index (χ2v) is 8.88. The lowest BCUT2D eigenvalue weighted by Crippen LogP contribution is -2.37. The standard InChI is InChI=1S/C21H25FN2O4S/c1-28-19-5-2-4-17(16-19)6-11-21(25)23-12-3-13-24(15-14-23)29(26,27)20-9-7-18(22)8-10-20/h2,4-5,7-10,16H,3,6,11-15H2,1H3. The molecule has 6 nitrogen and oxygen atoms in total. The van der Waals surface area contributed by atoms with Gasteiger partial charge in [-0.15, -0.1) is 0 Å². The van der Waals surface area contributed by atoms with Gasteiger partial charge in [0.05, 0.1) is 12.0 Å². The number of amides is 1. The van der Waals surface area contributed by atoms with Crippen LogP contribution in [0, 0.1) is 5.82 Å². The monoisotopic (exact) mass is 420 g/mol. The molecule has 2 aromatic rings. The number of methoxy groups -OCH3 is 1. The lowest BCUT2D eigenvalue weighted by molar-refractivity contribution is -0.131. The van der Waals surface area contributed by atoms with E-state index in [1.165, 1.54) is 16.4 Å². The summed E-state index contributed by atoms with van der Waals surface area (Å²) in [4.78, 5) is 14.4. The average molecular weight is 421 g/mol. The summed E-state index contributed by atoms with van der Waals surface area (Å²) < 4.78 is 45.2. The van der Waals surface area contributed by atoms with Crippen LogP contribution in [0.25, 0.3) is 0 Å². The Morgan fingerprint density at radius 2 is 1.83 bits per heavy atom. The molecule has 2 aromatic carbocycles. The summed E-state index contributed by atoms with van der Waals surface area (Å²) >= 11 is 0. The topological polar surface area (TPSA) is 66.9 Å². The number of hydrogen-bond acceptors (Lipinski definition) is 4. The highest BCUT2D eigenvalue weighted by atomic mass is 32.2. The zero-order valence-electron chi connectivity index (χ0n) is 16.4. The van der Waals surface area contributed by atoms with Gasteiger partial charge in [-0.3, -0.25) is 4.79 Å². The molecule has 8 heteroatoms. The summed E-state index contributed by atoms with van der Waals surface area (Å²) in [6, 6.07) is 12.4. The molecule has 0 saturated carbocycles. The van der Waals surface area contributed by atoms with Crippen molar-refractivity contribution in [1.29, 1.82) is 0 Å². The largest absolute Gasteiger partial charge is 0.497 e. The molecular formula is C21H25FN2O4S. The minimum absolute atomic E-state index is 0.00819. The van der Waals surface area contributed by atoms with E-state index in [4.69, 9.17) is 4.74 Å². The minimum Gasteiger partial charge on any atom is -0.497 e. The van der Waals surface area contributed by atoms with Gasteiger partial charge >= 0.3 is 0 Å². The number of sulfonamides is 1. The first-order valence-corrected chi connectivity index (χ1v) is 11.0. The van der Waals surface area contributed by atoms with Crippen LogP contribution in [0.1, 0.15) is 18.4 Å². The van der Waals surface area contributed by atoms with Crippen molar-refractivity contribution < 1.29 is 22.3 Å². The van der Waals surface area contributed by atoms with Crippen molar-refractivity contribution in [2.45, 2.75) is 24.2 Å². The number of benzene rings is 2. The SMILES string of the molecule is COc1cccc(CCC(=O)N2CCCN(S(=O)(=O)c3ccc(F)cc3)CC2)c1. The Morgan fingerprint density at radius 3 is 2.55 bits per heavy atom. The lowest BCUT2D eigenvalue weighted by Gasteiger charge is -2.22. The summed E-state index contributed by atoms with van der Waals surface area (Å²) in [5, 5.41) is 0. The van der Waals surface area contributed by atoms with E-state index < -0.39 is 15.8 Å². The van der Waals surface area contributed by atoms with Crippen molar-refractivity contribution in [3.05, 3.63) is 59.9 Å². The number of carbonyl (C=O) groups excluding carboxylic acids is 1. The quantitative estimate of drug-likeness (QED) is 0.721. The van der Waals surface area contributed by atoms with E-state index in [0.717, 1.165) is 23.4 Å². The van der Waals surface area contributed by atoms with Gasteiger partial charge in [0.25, 0.3) is 0 Å². The van der Waals surface area contributed by atoms with Crippen molar-refractivity contribution in [1.82, 2.24) is 9.21 Å². The molecule has 1 aliphatic heterocycles. The number of halogens is 1. The number of nitrogens with zero attached hydrogens (tertiary/aromatic N) is 2. The molecule has 0 bridgehead atoms. The Bertz CT molecular complexity index is 947. The Kier molecular flexibility index (Phi) is 6.87. The van der Waals surface area contributed by atoms with E-state index in [2.05, 4.69) is 0 Å². The van der Waals surface area contributed by atoms with Gasteiger partial charge in [0.2, 0.25) is 15.9 Å². The predicted molar refractivity (Wildman–Crippen MR) is 108 cm³/mol. The Labute approximate surface area is 170 Å². The second kappa shape index (κ2) is 9.37. The van der Waals surface area contributed by atoms with Crippen molar-refractivity contribution in [2.75, 3.05) is 33.3 Å². The summed E-state index contributed by atoms with van der Waals surface area (Å²) in [6.45, 7) is 1.42. The van der Waals surface area contributed by atoms with Crippen LogP contribution in [0.2, 0.25) is 0 Å². The molecule has 3 rings (SSSR count). The molecule has 0 unspecified atom stereocenters. The van der Waals surface area contributed by atoms with Gasteiger partial charge in [0, 0.05) is 32.6 Å². The van der Waals surface area contributed by atoms with Crippen LogP contribution in [0.15, 0.2) is 53.4 Å². The molecule has 1 aliphatic rings. The maximum atomic E-state index is 13.1. The Hall–Kier alpha value is -2.45. The molecule has 0 N–H and O–H groups in total. The van der Waals surface area contributed by atoms with Crippen LogP contribution in [-0.2, 0) is 21.2 Å². The van der Waals surface area contributed by atoms with Crippen molar-refractivity contribution in [2.24, 2.45) is 0 Å². The number of ether oxygens (including phenoxy) is 1. The fourth-order valence-corrected chi connectivity index (χ4v) is 4.85. The highest BCUT2D eigenvalue weighted by Crippen LogP contribution is 2.19. The summed E-state index contributed by atoms with van der Waals surface area (Å²) in [7, 11) is -2.10. The minimum atomic E-state index is -3.70. The van der Waals surface area contributed by atoms with Gasteiger partial charge in [-0.2, -0.15) is 4.31 Å². The molecule has 1 amide bonds. The fraction of sp³-hybridized carbons (Fsp3) is 0.381. The summed E-state index contributed by atoms with van der Waals surface area (Å²) in [5.74, 6) is 0.285. The molecule has 1 heterocycles. The van der Waals surface area contributed by atoms with Crippen LogP contribution < -0.4 is 4.74 Å². The molecule has 1 fully saturated rings. The molecule has 0 atom stereocenters. The molecule has 29 heavy (non-hydrogen) atoms. The zero-order chi connectivity index (χ0) is 20.9. The normalized spacial score (nSPS) is 15.7. The second-order valence-electron chi connectivity index (χ2n) is 6.94. The van der Waals surface area contributed by atoms with Gasteiger partial charge in [-0.1, -0.05) is 12.1 Å². The van der Waals surface area contributed by atoms with Crippen LogP contribution in [0.4, 0.5) is 4.39 Å². The molecule has 0 aromatic heterocycles. The first-order chi connectivity index (χ1) is 13.9. The third-order valence-corrected chi connectivity index (χ3v) is 6.93. The third-order valence-electron chi connectivity index (χ3n) is 5.02. The average Bonchev–Trinajstić information content (AvgIpc) is 2.99. The van der Waals surface area contributed by atoms with Crippen LogP contribution in [0.5, 0.6) is 5.75 Å². The van der Waals surface area contributed by atoms with Crippen LogP contribution in [-0.4, -0.2) is 56.8 Å². The highest BCUT2D eigenvalue weighted by Gasteiger charge is 2.28. The van der Waals surface area contributed by atoms with Crippen molar-refractivity contribution in [3.63, 3.8) is 0 Å². The van der Waals surface area contributed by atoms with E-state index in [1.54, 1.807) is 12.0 Å². The molecular weight excluding hydrogens is 395 g/mol. The fourth-order valence-electron chi connectivity index (χ4n) is 3.38. The zero-order valence-corrected chi connectivity index (χ0v) is 17.2. The first-order valence-electron chi connectivity index (χ1n) is 9.56. The van der Waals surface area contributed by atoms with Crippen molar-refractivity contribution >= 4 is 15.9 Å². The Morgan fingerprint density at radius 1 is 1.07 bits per heavy atom. The molecule has 1 saturated heterocycles. The lowest BCUT2D eigenvalue weighted by atomic mass is 10.1. The van der Waals surface area contributed by atoms with E-state index in [1.807, 2.05) is 24.3 Å². The van der Waals surface area contributed by atoms with Gasteiger partial charge in [0.15, 0.2) is 0 Å². The van der Waals surface area contributed by atoms with Gasteiger partial charge in [-0.25, -0.2) is 12.8 Å². The summed E-state index contributed by atoms with van der Waals surface area (Å²) in [5.41, 5.74) is 1.02. The molecule has 156 valence electrons.